The highest BCUT2D eigenvalue weighted by Crippen LogP contribution is 2.38. The molecule has 0 aliphatic heterocycles. The van der Waals surface area contributed by atoms with Gasteiger partial charge < -0.3 is 10.2 Å². The minimum absolute atomic E-state index is 0.0671. The van der Waals surface area contributed by atoms with Crippen molar-refractivity contribution in [2.24, 2.45) is 0 Å². The number of carbonyl (C=O) groups is 2. The number of halogens is 5. The van der Waals surface area contributed by atoms with Crippen molar-refractivity contribution in [1.82, 2.24) is 10.2 Å². The molecule has 1 atom stereocenters. The lowest BCUT2D eigenvalue weighted by molar-refractivity contribution is -0.139. The molecular weight excluding hydrogens is 610 g/mol. The first-order valence-corrected chi connectivity index (χ1v) is 15.4. The van der Waals surface area contributed by atoms with E-state index in [1.54, 1.807) is 6.07 Å². The maximum absolute atomic E-state index is 13.9. The number of nitrogens with zero attached hydrogens (tertiary/aromatic N) is 2. The van der Waals surface area contributed by atoms with Gasteiger partial charge in [-0.05, 0) is 67.8 Å². The number of hydrogen-bond acceptors (Lipinski definition) is 4. The maximum atomic E-state index is 13.9. The third-order valence-electron chi connectivity index (χ3n) is 7.29. The van der Waals surface area contributed by atoms with Crippen molar-refractivity contribution in [3.63, 3.8) is 0 Å². The van der Waals surface area contributed by atoms with Gasteiger partial charge in [0.05, 0.1) is 21.2 Å². The Kier molecular flexibility index (Phi) is 10.0. The van der Waals surface area contributed by atoms with Crippen LogP contribution in [0.2, 0.25) is 5.02 Å². The molecule has 0 radical (unpaired) electrons. The fourth-order valence-corrected chi connectivity index (χ4v) is 6.55. The number of carbonyl (C=O) groups excluding carboxylic acids is 2. The number of nitrogens with one attached hydrogen (secondary N) is 1. The van der Waals surface area contributed by atoms with Crippen molar-refractivity contribution in [2.45, 2.75) is 62.3 Å². The Morgan fingerprint density at radius 1 is 1.00 bits per heavy atom. The summed E-state index contributed by atoms with van der Waals surface area (Å²) in [6.45, 7) is 0.357. The van der Waals surface area contributed by atoms with Crippen LogP contribution in [0, 0.1) is 5.82 Å². The highest BCUT2D eigenvalue weighted by atomic mass is 35.5. The van der Waals surface area contributed by atoms with Crippen molar-refractivity contribution < 1.29 is 35.6 Å². The number of anilines is 1. The molecule has 1 N–H and O–H groups in total. The first-order chi connectivity index (χ1) is 20.3. The normalized spacial score (nSPS) is 14.7. The van der Waals surface area contributed by atoms with E-state index in [2.05, 4.69) is 5.32 Å². The molecule has 7 nitrogen and oxygen atoms in total. The van der Waals surface area contributed by atoms with Gasteiger partial charge in [-0.15, -0.1) is 0 Å². The molecule has 4 rings (SSSR count). The molecule has 1 unspecified atom stereocenters. The molecule has 1 aliphatic rings. The van der Waals surface area contributed by atoms with Crippen LogP contribution >= 0.6 is 11.6 Å². The van der Waals surface area contributed by atoms with Crippen molar-refractivity contribution >= 4 is 39.1 Å². The molecule has 1 fully saturated rings. The highest BCUT2D eigenvalue weighted by Gasteiger charge is 2.37. The van der Waals surface area contributed by atoms with Crippen molar-refractivity contribution in [3.8, 4) is 0 Å². The van der Waals surface area contributed by atoms with Gasteiger partial charge in [0.15, 0.2) is 0 Å². The van der Waals surface area contributed by atoms with E-state index in [-0.39, 0.29) is 17.5 Å². The summed E-state index contributed by atoms with van der Waals surface area (Å²) in [5, 5.41) is 2.27. The Morgan fingerprint density at radius 3 is 2.23 bits per heavy atom. The Bertz CT molecular complexity index is 1550. The van der Waals surface area contributed by atoms with Gasteiger partial charge in [0.1, 0.15) is 18.4 Å². The molecule has 1 saturated carbocycles. The van der Waals surface area contributed by atoms with E-state index in [0.717, 1.165) is 42.7 Å². The van der Waals surface area contributed by atoms with Crippen molar-refractivity contribution in [2.75, 3.05) is 10.8 Å². The molecule has 1 aliphatic carbocycles. The van der Waals surface area contributed by atoms with Crippen LogP contribution in [0.3, 0.4) is 0 Å². The summed E-state index contributed by atoms with van der Waals surface area (Å²) in [5.74, 6) is -1.84. The molecule has 2 amide bonds. The number of rotatable bonds is 10. The molecule has 0 bridgehead atoms. The summed E-state index contributed by atoms with van der Waals surface area (Å²) in [6, 6.07) is 13.5. The molecule has 13 heteroatoms. The second-order valence-corrected chi connectivity index (χ2v) is 12.6. The van der Waals surface area contributed by atoms with Gasteiger partial charge in [0.25, 0.3) is 10.0 Å². The van der Waals surface area contributed by atoms with Gasteiger partial charge in [-0.2, -0.15) is 13.2 Å². The van der Waals surface area contributed by atoms with Crippen LogP contribution in [0.5, 0.6) is 0 Å². The maximum Gasteiger partial charge on any atom is 0.417 e. The number of amides is 2. The van der Waals surface area contributed by atoms with Crippen molar-refractivity contribution in [1.29, 1.82) is 0 Å². The molecule has 43 heavy (non-hydrogen) atoms. The lowest BCUT2D eigenvalue weighted by atomic mass is 10.1. The fourth-order valence-electron chi connectivity index (χ4n) is 4.90. The van der Waals surface area contributed by atoms with E-state index in [1.807, 2.05) is 0 Å². The average molecular weight is 640 g/mol. The summed E-state index contributed by atoms with van der Waals surface area (Å²) in [6.07, 6.45) is -1.44. The molecular formula is C30H30ClF4N3O4S. The van der Waals surface area contributed by atoms with Crippen LogP contribution < -0.4 is 9.62 Å². The monoisotopic (exact) mass is 639 g/mol. The lowest BCUT2D eigenvalue weighted by Crippen LogP contribution is -2.52. The van der Waals surface area contributed by atoms with Crippen LogP contribution in [-0.2, 0) is 32.3 Å². The zero-order chi connectivity index (χ0) is 31.4. The van der Waals surface area contributed by atoms with Crippen LogP contribution in [0.15, 0.2) is 77.7 Å². The molecule has 0 spiro atoms. The standard InChI is InChI=1S/C30H30ClF4N3O4S/c1-20(29(40)36-23-7-5-6-8-23)37(18-21-11-13-22(32)14-12-21)28(39)19-38(43(41,42)25-9-3-2-4-10-25)24-15-16-27(31)26(17-24)30(33,34)35/h2-4,9-17,20,23H,5-8,18-19H2,1H3,(H,36,40). The van der Waals surface area contributed by atoms with Gasteiger partial charge in [0, 0.05) is 12.6 Å². The predicted octanol–water partition coefficient (Wildman–Crippen LogP) is 6.17. The van der Waals surface area contributed by atoms with Crippen LogP contribution in [-0.4, -0.2) is 43.8 Å². The van der Waals surface area contributed by atoms with Crippen LogP contribution in [0.1, 0.15) is 43.7 Å². The van der Waals surface area contributed by atoms with Crippen LogP contribution in [0.25, 0.3) is 0 Å². The summed E-state index contributed by atoms with van der Waals surface area (Å²) in [7, 11) is -4.58. The Morgan fingerprint density at radius 2 is 1.63 bits per heavy atom. The topological polar surface area (TPSA) is 86.8 Å². The molecule has 0 heterocycles. The van der Waals surface area contributed by atoms with Gasteiger partial charge in [-0.3, -0.25) is 13.9 Å². The van der Waals surface area contributed by atoms with Gasteiger partial charge in [-0.25, -0.2) is 12.8 Å². The Balaban J connectivity index is 1.74. The lowest BCUT2D eigenvalue weighted by Gasteiger charge is -2.32. The third-order valence-corrected chi connectivity index (χ3v) is 9.41. The largest absolute Gasteiger partial charge is 0.417 e. The number of benzene rings is 3. The molecule has 230 valence electrons. The third kappa shape index (κ3) is 7.85. The number of hydrogen-bond donors (Lipinski definition) is 1. The van der Waals surface area contributed by atoms with E-state index in [9.17, 15) is 35.6 Å². The van der Waals surface area contributed by atoms with E-state index in [0.29, 0.717) is 15.9 Å². The first-order valence-electron chi connectivity index (χ1n) is 13.6. The predicted molar refractivity (Wildman–Crippen MR) is 154 cm³/mol. The fraction of sp³-hybridized carbons (Fsp3) is 0.333. The molecule has 0 saturated heterocycles. The second-order valence-electron chi connectivity index (χ2n) is 10.3. The van der Waals surface area contributed by atoms with Gasteiger partial charge in [0.2, 0.25) is 11.8 Å². The zero-order valence-corrected chi connectivity index (χ0v) is 24.7. The van der Waals surface area contributed by atoms with Gasteiger partial charge >= 0.3 is 6.18 Å². The van der Waals surface area contributed by atoms with Gasteiger partial charge in [-0.1, -0.05) is 54.8 Å². The van der Waals surface area contributed by atoms with E-state index >= 15 is 0 Å². The Hall–Kier alpha value is -3.64. The summed E-state index contributed by atoms with van der Waals surface area (Å²) in [4.78, 5) is 28.0. The van der Waals surface area contributed by atoms with E-state index in [1.165, 1.54) is 55.5 Å². The summed E-state index contributed by atoms with van der Waals surface area (Å²) < 4.78 is 82.9. The molecule has 3 aromatic carbocycles. The average Bonchev–Trinajstić information content (AvgIpc) is 3.48. The summed E-state index contributed by atoms with van der Waals surface area (Å²) in [5.41, 5.74) is -1.27. The smallest absolute Gasteiger partial charge is 0.352 e. The quantitative estimate of drug-likeness (QED) is 0.269. The van der Waals surface area contributed by atoms with E-state index < -0.39 is 62.7 Å². The van der Waals surface area contributed by atoms with Crippen LogP contribution in [0.4, 0.5) is 23.2 Å². The van der Waals surface area contributed by atoms with Crippen molar-refractivity contribution in [3.05, 3.63) is 94.8 Å². The van der Waals surface area contributed by atoms with E-state index in [4.69, 9.17) is 11.6 Å². The molecule has 0 aromatic heterocycles. The minimum Gasteiger partial charge on any atom is -0.352 e. The summed E-state index contributed by atoms with van der Waals surface area (Å²) >= 11 is 5.79. The Labute approximate surface area is 252 Å². The second kappa shape index (κ2) is 13.3. The SMILES string of the molecule is CC(C(=O)NC1CCCC1)N(Cc1ccc(F)cc1)C(=O)CN(c1ccc(Cl)c(C(F)(F)F)c1)S(=O)(=O)c1ccccc1. The number of alkyl halides is 3. The first kappa shape index (κ1) is 32.3. The zero-order valence-electron chi connectivity index (χ0n) is 23.2. The minimum atomic E-state index is -4.90. The molecule has 3 aromatic rings. The highest BCUT2D eigenvalue weighted by molar-refractivity contribution is 7.92. The number of sulfonamides is 1.